The van der Waals surface area contributed by atoms with Crippen LogP contribution in [0.25, 0.3) is 0 Å². The summed E-state index contributed by atoms with van der Waals surface area (Å²) in [5.74, 6) is -0.939. The summed E-state index contributed by atoms with van der Waals surface area (Å²) in [4.78, 5) is 37.9. The van der Waals surface area contributed by atoms with Crippen molar-refractivity contribution in [3.8, 4) is 0 Å². The molecule has 0 fully saturated rings. The molecule has 1 atom stereocenters. The summed E-state index contributed by atoms with van der Waals surface area (Å²) in [6, 6.07) is 0. The largest absolute Gasteiger partial charge is 0.462 e. The smallest absolute Gasteiger partial charge is 0.306 e. The molecular formula is C53H90O6. The van der Waals surface area contributed by atoms with Crippen molar-refractivity contribution in [2.24, 2.45) is 0 Å². The summed E-state index contributed by atoms with van der Waals surface area (Å²) in [6.07, 6.45) is 58.9. The third kappa shape index (κ3) is 45.8. The molecule has 0 amide bonds. The normalized spacial score (nSPS) is 12.7. The molecule has 0 rings (SSSR count). The van der Waals surface area contributed by atoms with E-state index in [1.807, 2.05) is 6.92 Å². The molecule has 6 nitrogen and oxygen atoms in total. The molecule has 0 aromatic heterocycles. The van der Waals surface area contributed by atoms with Crippen molar-refractivity contribution in [3.63, 3.8) is 0 Å². The van der Waals surface area contributed by atoms with Gasteiger partial charge in [-0.15, -0.1) is 0 Å². The molecular weight excluding hydrogens is 733 g/mol. The zero-order valence-corrected chi connectivity index (χ0v) is 38.5. The van der Waals surface area contributed by atoms with Crippen LogP contribution in [-0.2, 0) is 28.6 Å². The molecule has 0 spiro atoms. The predicted molar refractivity (Wildman–Crippen MR) is 251 cm³/mol. The topological polar surface area (TPSA) is 78.9 Å². The van der Waals surface area contributed by atoms with Crippen molar-refractivity contribution in [2.45, 2.75) is 232 Å². The van der Waals surface area contributed by atoms with Crippen LogP contribution >= 0.6 is 0 Å². The standard InChI is InChI=1S/C53H90O6/c1-4-7-10-13-16-19-22-24-26-28-31-34-37-40-43-46-52(55)58-49-50(48-57-51(54)45-42-39-36-33-30-21-18-15-12-9-6-3)59-53(56)47-44-41-38-35-32-29-27-25-23-20-17-14-11-8-5-2/h6,9,15-20,24-27,50H,4-5,7-8,10-14,21-23,28-49H2,1-3H3. The van der Waals surface area contributed by atoms with Crippen LogP contribution in [0.5, 0.6) is 0 Å². The zero-order chi connectivity index (χ0) is 43.0. The second kappa shape index (κ2) is 47.5. The Hall–Kier alpha value is -3.15. The third-order valence-corrected chi connectivity index (χ3v) is 10.2. The van der Waals surface area contributed by atoms with Gasteiger partial charge in [0.15, 0.2) is 6.10 Å². The molecule has 0 aromatic rings. The van der Waals surface area contributed by atoms with Gasteiger partial charge in [0.2, 0.25) is 0 Å². The molecule has 0 aliphatic heterocycles. The van der Waals surface area contributed by atoms with Crippen molar-refractivity contribution in [1.82, 2.24) is 0 Å². The van der Waals surface area contributed by atoms with Crippen molar-refractivity contribution < 1.29 is 28.6 Å². The van der Waals surface area contributed by atoms with Gasteiger partial charge >= 0.3 is 17.9 Å². The Bertz CT molecular complexity index is 1130. The summed E-state index contributed by atoms with van der Waals surface area (Å²) >= 11 is 0. The summed E-state index contributed by atoms with van der Waals surface area (Å²) < 4.78 is 16.7. The van der Waals surface area contributed by atoms with Gasteiger partial charge in [0.1, 0.15) is 13.2 Å². The van der Waals surface area contributed by atoms with Gasteiger partial charge in [-0.25, -0.2) is 0 Å². The first-order valence-electron chi connectivity index (χ1n) is 24.4. The highest BCUT2D eigenvalue weighted by atomic mass is 16.6. The van der Waals surface area contributed by atoms with E-state index in [4.69, 9.17) is 14.2 Å². The van der Waals surface area contributed by atoms with E-state index in [2.05, 4.69) is 86.8 Å². The fourth-order valence-corrected chi connectivity index (χ4v) is 6.53. The van der Waals surface area contributed by atoms with E-state index in [0.29, 0.717) is 19.3 Å². The zero-order valence-electron chi connectivity index (χ0n) is 38.5. The van der Waals surface area contributed by atoms with Gasteiger partial charge < -0.3 is 14.2 Å². The van der Waals surface area contributed by atoms with Crippen LogP contribution in [0.4, 0.5) is 0 Å². The number of esters is 3. The van der Waals surface area contributed by atoms with E-state index >= 15 is 0 Å². The highest BCUT2D eigenvalue weighted by Gasteiger charge is 2.19. The molecule has 0 N–H and O–H groups in total. The van der Waals surface area contributed by atoms with E-state index < -0.39 is 6.10 Å². The van der Waals surface area contributed by atoms with Crippen molar-refractivity contribution in [1.29, 1.82) is 0 Å². The highest BCUT2D eigenvalue weighted by Crippen LogP contribution is 2.13. The molecule has 1 unspecified atom stereocenters. The molecule has 6 heteroatoms. The quantitative estimate of drug-likeness (QED) is 0.0264. The first kappa shape index (κ1) is 55.9. The number of carbonyl (C=O) groups excluding carboxylic acids is 3. The van der Waals surface area contributed by atoms with E-state index in [1.165, 1.54) is 51.4 Å². The SMILES string of the molecule is CC=CCC=CCCCCCCCC(=O)OCC(COC(=O)CCCCCCCC=CCC=CCCCCC)OC(=O)CCCCCCCC=CCC=CCCCCC. The monoisotopic (exact) mass is 823 g/mol. The average Bonchev–Trinajstić information content (AvgIpc) is 3.23. The van der Waals surface area contributed by atoms with Gasteiger partial charge in [-0.05, 0) is 110 Å². The van der Waals surface area contributed by atoms with Gasteiger partial charge in [0, 0.05) is 19.3 Å². The van der Waals surface area contributed by atoms with E-state index in [-0.39, 0.29) is 31.1 Å². The minimum atomic E-state index is -0.793. The van der Waals surface area contributed by atoms with Gasteiger partial charge in [-0.2, -0.15) is 0 Å². The summed E-state index contributed by atoms with van der Waals surface area (Å²) in [5, 5.41) is 0. The molecule has 59 heavy (non-hydrogen) atoms. The van der Waals surface area contributed by atoms with Crippen LogP contribution in [0.15, 0.2) is 72.9 Å². The van der Waals surface area contributed by atoms with Gasteiger partial charge in [-0.3, -0.25) is 14.4 Å². The maximum Gasteiger partial charge on any atom is 0.306 e. The first-order chi connectivity index (χ1) is 29.0. The molecule has 0 aliphatic rings. The van der Waals surface area contributed by atoms with E-state index in [1.54, 1.807) is 0 Å². The first-order valence-corrected chi connectivity index (χ1v) is 24.4. The Kier molecular flexibility index (Phi) is 45.0. The van der Waals surface area contributed by atoms with Gasteiger partial charge in [-0.1, -0.05) is 170 Å². The number of carbonyl (C=O) groups is 3. The summed E-state index contributed by atoms with van der Waals surface area (Å²) in [7, 11) is 0. The van der Waals surface area contributed by atoms with E-state index in [9.17, 15) is 14.4 Å². The molecule has 0 aliphatic carbocycles. The van der Waals surface area contributed by atoms with Crippen molar-refractivity contribution in [2.75, 3.05) is 13.2 Å². The lowest BCUT2D eigenvalue weighted by atomic mass is 10.1. The second-order valence-corrected chi connectivity index (χ2v) is 16.0. The number of hydrogen-bond donors (Lipinski definition) is 0. The molecule has 0 bridgehead atoms. The Morgan fingerprint density at radius 1 is 0.373 bits per heavy atom. The Labute approximate surface area is 363 Å². The van der Waals surface area contributed by atoms with Crippen LogP contribution in [0.2, 0.25) is 0 Å². The molecule has 0 heterocycles. The highest BCUT2D eigenvalue weighted by molar-refractivity contribution is 5.71. The Morgan fingerprint density at radius 2 is 0.678 bits per heavy atom. The fourth-order valence-electron chi connectivity index (χ4n) is 6.53. The van der Waals surface area contributed by atoms with Gasteiger partial charge in [0.25, 0.3) is 0 Å². The predicted octanol–water partition coefficient (Wildman–Crippen LogP) is 15.9. The third-order valence-electron chi connectivity index (χ3n) is 10.2. The Balaban J connectivity index is 4.44. The van der Waals surface area contributed by atoms with Gasteiger partial charge in [0.05, 0.1) is 0 Å². The number of ether oxygens (including phenoxy) is 3. The summed E-state index contributed by atoms with van der Waals surface area (Å²) in [6.45, 7) is 6.32. The molecule has 338 valence electrons. The average molecular weight is 823 g/mol. The number of unbranched alkanes of at least 4 members (excludes halogenated alkanes) is 21. The van der Waals surface area contributed by atoms with E-state index in [0.717, 1.165) is 135 Å². The Morgan fingerprint density at radius 3 is 1.03 bits per heavy atom. The maximum absolute atomic E-state index is 12.8. The number of hydrogen-bond acceptors (Lipinski definition) is 6. The minimum Gasteiger partial charge on any atom is -0.462 e. The van der Waals surface area contributed by atoms with Crippen molar-refractivity contribution in [3.05, 3.63) is 72.9 Å². The lowest BCUT2D eigenvalue weighted by Crippen LogP contribution is -2.30. The second-order valence-electron chi connectivity index (χ2n) is 16.0. The maximum atomic E-state index is 12.8. The van der Waals surface area contributed by atoms with Crippen LogP contribution in [-0.4, -0.2) is 37.2 Å². The van der Waals surface area contributed by atoms with Crippen LogP contribution in [0, 0.1) is 0 Å². The molecule has 0 saturated heterocycles. The van der Waals surface area contributed by atoms with Crippen LogP contribution in [0.3, 0.4) is 0 Å². The number of allylic oxidation sites excluding steroid dienone is 12. The molecule has 0 radical (unpaired) electrons. The molecule has 0 saturated carbocycles. The van der Waals surface area contributed by atoms with Crippen LogP contribution < -0.4 is 0 Å². The van der Waals surface area contributed by atoms with Crippen molar-refractivity contribution >= 4 is 17.9 Å². The fraction of sp³-hybridized carbons (Fsp3) is 0.717. The summed E-state index contributed by atoms with van der Waals surface area (Å²) in [5.41, 5.74) is 0. The van der Waals surface area contributed by atoms with Crippen LogP contribution in [0.1, 0.15) is 226 Å². The lowest BCUT2D eigenvalue weighted by molar-refractivity contribution is -0.167. The minimum absolute atomic E-state index is 0.0938. The lowest BCUT2D eigenvalue weighted by Gasteiger charge is -2.18. The number of rotatable bonds is 43. The molecule has 0 aromatic carbocycles.